The predicted molar refractivity (Wildman–Crippen MR) is 87.6 cm³/mol. The highest BCUT2D eigenvalue weighted by Gasteiger charge is 2.15. The van der Waals surface area contributed by atoms with Crippen LogP contribution in [0.25, 0.3) is 10.9 Å². The molecule has 0 atom stereocenters. The fourth-order valence-corrected chi connectivity index (χ4v) is 2.51. The summed E-state index contributed by atoms with van der Waals surface area (Å²) in [6, 6.07) is 6.01. The van der Waals surface area contributed by atoms with Gasteiger partial charge in [-0.05, 0) is 38.6 Å². The molecule has 114 valence electrons. The van der Waals surface area contributed by atoms with E-state index >= 15 is 0 Å². The van der Waals surface area contributed by atoms with Crippen LogP contribution in [0.5, 0.6) is 0 Å². The van der Waals surface area contributed by atoms with E-state index in [0.29, 0.717) is 11.6 Å². The van der Waals surface area contributed by atoms with E-state index in [0.717, 1.165) is 17.4 Å². The molecule has 0 saturated carbocycles. The van der Waals surface area contributed by atoms with Crippen LogP contribution in [-0.2, 0) is 17.9 Å². The van der Waals surface area contributed by atoms with Crippen molar-refractivity contribution in [3.8, 4) is 0 Å². The highest BCUT2D eigenvalue weighted by molar-refractivity contribution is 6.31. The molecule has 0 aliphatic rings. The van der Waals surface area contributed by atoms with Crippen molar-refractivity contribution in [3.63, 3.8) is 0 Å². The van der Waals surface area contributed by atoms with E-state index in [9.17, 15) is 4.79 Å². The summed E-state index contributed by atoms with van der Waals surface area (Å²) in [6.45, 7) is 5.11. The monoisotopic (exact) mass is 307 g/mol. The van der Waals surface area contributed by atoms with Crippen LogP contribution >= 0.6 is 11.6 Å². The Kier molecular flexibility index (Phi) is 4.91. The average Bonchev–Trinajstić information content (AvgIpc) is 2.75. The second-order valence-corrected chi connectivity index (χ2v) is 6.01. The minimum Gasteiger partial charge on any atom is -0.342 e. The molecule has 0 unspecified atom stereocenters. The van der Waals surface area contributed by atoms with Gasteiger partial charge in [0.25, 0.3) is 0 Å². The summed E-state index contributed by atoms with van der Waals surface area (Å²) in [5.41, 5.74) is 2.17. The van der Waals surface area contributed by atoms with Crippen molar-refractivity contribution in [3.05, 3.63) is 35.0 Å². The molecule has 21 heavy (non-hydrogen) atoms. The third-order valence-corrected chi connectivity index (χ3v) is 4.00. The van der Waals surface area contributed by atoms with E-state index in [4.69, 9.17) is 11.6 Å². The summed E-state index contributed by atoms with van der Waals surface area (Å²) >= 11 is 6.10. The largest absolute Gasteiger partial charge is 0.342 e. The van der Waals surface area contributed by atoms with E-state index in [1.807, 2.05) is 56.9 Å². The maximum Gasteiger partial charge on any atom is 0.242 e. The normalized spacial score (nSPS) is 11.3. The first kappa shape index (κ1) is 15.9. The number of hydrogen-bond acceptors (Lipinski definition) is 2. The fourth-order valence-electron chi connectivity index (χ4n) is 2.35. The maximum atomic E-state index is 12.3. The van der Waals surface area contributed by atoms with Gasteiger partial charge in [-0.15, -0.1) is 0 Å². The number of carbonyl (C=O) groups is 1. The molecule has 0 fully saturated rings. The van der Waals surface area contributed by atoms with Gasteiger partial charge in [-0.25, -0.2) is 0 Å². The van der Waals surface area contributed by atoms with Crippen LogP contribution in [-0.4, -0.2) is 35.5 Å². The molecule has 0 aliphatic heterocycles. The lowest BCUT2D eigenvalue weighted by Crippen LogP contribution is -2.35. The minimum absolute atomic E-state index is 0.0953. The van der Waals surface area contributed by atoms with E-state index in [-0.39, 0.29) is 11.9 Å². The summed E-state index contributed by atoms with van der Waals surface area (Å²) in [4.78, 5) is 14.1. The molecule has 1 N–H and O–H groups in total. The Morgan fingerprint density at radius 1 is 1.43 bits per heavy atom. The van der Waals surface area contributed by atoms with Gasteiger partial charge in [-0.1, -0.05) is 17.7 Å². The molecule has 0 saturated heterocycles. The first-order chi connectivity index (χ1) is 9.93. The predicted octanol–water partition coefficient (Wildman–Crippen LogP) is 2.88. The van der Waals surface area contributed by atoms with Gasteiger partial charge in [-0.3, -0.25) is 4.79 Å². The number of nitrogens with zero attached hydrogens (tertiary/aromatic N) is 2. The zero-order valence-corrected chi connectivity index (χ0v) is 13.7. The molecular formula is C16H22ClN3O. The zero-order chi connectivity index (χ0) is 15.6. The van der Waals surface area contributed by atoms with Crippen molar-refractivity contribution in [2.24, 2.45) is 0 Å². The minimum atomic E-state index is 0.0953. The standard InChI is InChI=1S/C16H22ClN3O/c1-11(2)19(4)16(21)10-20-9-12(8-18-3)14-6-5-13(17)7-15(14)20/h5-7,9,11,18H,8,10H2,1-4H3. The molecule has 2 rings (SSSR count). The Morgan fingerprint density at radius 2 is 2.14 bits per heavy atom. The van der Waals surface area contributed by atoms with Crippen molar-refractivity contribution >= 4 is 28.4 Å². The maximum absolute atomic E-state index is 12.3. The number of fused-ring (bicyclic) bond motifs is 1. The van der Waals surface area contributed by atoms with Crippen LogP contribution in [0, 0.1) is 0 Å². The van der Waals surface area contributed by atoms with E-state index in [2.05, 4.69) is 5.32 Å². The SMILES string of the molecule is CNCc1cn(CC(=O)N(C)C(C)C)c2cc(Cl)ccc12. The van der Waals surface area contributed by atoms with Crippen LogP contribution in [0.2, 0.25) is 5.02 Å². The summed E-state index contributed by atoms with van der Waals surface area (Å²) in [6.07, 6.45) is 2.03. The number of halogens is 1. The number of carbonyl (C=O) groups excluding carboxylic acids is 1. The van der Waals surface area contributed by atoms with Crippen LogP contribution in [0.4, 0.5) is 0 Å². The molecule has 1 amide bonds. The highest BCUT2D eigenvalue weighted by atomic mass is 35.5. The van der Waals surface area contributed by atoms with E-state index in [1.165, 1.54) is 5.56 Å². The van der Waals surface area contributed by atoms with Crippen LogP contribution in [0.3, 0.4) is 0 Å². The van der Waals surface area contributed by atoms with Gasteiger partial charge >= 0.3 is 0 Å². The third-order valence-electron chi connectivity index (χ3n) is 3.77. The van der Waals surface area contributed by atoms with Gasteiger partial charge < -0.3 is 14.8 Å². The summed E-state index contributed by atoms with van der Waals surface area (Å²) in [5.74, 6) is 0.0953. The molecule has 0 spiro atoms. The summed E-state index contributed by atoms with van der Waals surface area (Å²) in [7, 11) is 3.75. The van der Waals surface area contributed by atoms with Crippen molar-refractivity contribution in [2.45, 2.75) is 33.0 Å². The Balaban J connectivity index is 2.39. The van der Waals surface area contributed by atoms with Gasteiger partial charge in [0, 0.05) is 36.2 Å². The van der Waals surface area contributed by atoms with Crippen LogP contribution in [0.15, 0.2) is 24.4 Å². The lowest BCUT2D eigenvalue weighted by Gasteiger charge is -2.21. The quantitative estimate of drug-likeness (QED) is 0.922. The highest BCUT2D eigenvalue weighted by Crippen LogP contribution is 2.25. The number of amides is 1. The topological polar surface area (TPSA) is 37.3 Å². The zero-order valence-electron chi connectivity index (χ0n) is 13.0. The molecule has 1 heterocycles. The number of benzene rings is 1. The average molecular weight is 308 g/mol. The van der Waals surface area contributed by atoms with Gasteiger partial charge in [-0.2, -0.15) is 0 Å². The molecule has 1 aromatic carbocycles. The Labute approximate surface area is 130 Å². The lowest BCUT2D eigenvalue weighted by molar-refractivity contribution is -0.131. The number of hydrogen-bond donors (Lipinski definition) is 1. The molecule has 5 heteroatoms. The number of nitrogens with one attached hydrogen (secondary N) is 1. The van der Waals surface area contributed by atoms with Gasteiger partial charge in [0.2, 0.25) is 5.91 Å². The van der Waals surface area contributed by atoms with Crippen LogP contribution in [0.1, 0.15) is 19.4 Å². The first-order valence-corrected chi connectivity index (χ1v) is 7.49. The molecule has 1 aromatic heterocycles. The Hall–Kier alpha value is -1.52. The molecule has 0 aliphatic carbocycles. The van der Waals surface area contributed by atoms with Gasteiger partial charge in [0.05, 0.1) is 5.52 Å². The van der Waals surface area contributed by atoms with Gasteiger partial charge in [0.15, 0.2) is 0 Å². The second kappa shape index (κ2) is 6.50. The van der Waals surface area contributed by atoms with Gasteiger partial charge in [0.1, 0.15) is 6.54 Å². The summed E-state index contributed by atoms with van der Waals surface area (Å²) < 4.78 is 1.98. The third kappa shape index (κ3) is 3.39. The molecule has 0 bridgehead atoms. The van der Waals surface area contributed by atoms with E-state index in [1.54, 1.807) is 4.90 Å². The van der Waals surface area contributed by atoms with E-state index < -0.39 is 0 Å². The number of rotatable bonds is 5. The van der Waals surface area contributed by atoms with Crippen LogP contribution < -0.4 is 5.32 Å². The summed E-state index contributed by atoms with van der Waals surface area (Å²) in [5, 5.41) is 4.97. The molecular weight excluding hydrogens is 286 g/mol. The van der Waals surface area contributed by atoms with Crippen molar-refractivity contribution in [1.29, 1.82) is 0 Å². The Bertz CT molecular complexity index is 648. The number of likely N-dealkylation sites (N-methyl/N-ethyl adjacent to an activating group) is 1. The first-order valence-electron chi connectivity index (χ1n) is 7.11. The molecule has 4 nitrogen and oxygen atoms in total. The fraction of sp³-hybridized carbons (Fsp3) is 0.438. The smallest absolute Gasteiger partial charge is 0.242 e. The van der Waals surface area contributed by atoms with Crippen molar-refractivity contribution in [2.75, 3.05) is 14.1 Å². The van der Waals surface area contributed by atoms with Crippen molar-refractivity contribution in [1.82, 2.24) is 14.8 Å². The lowest BCUT2D eigenvalue weighted by atomic mass is 10.2. The molecule has 2 aromatic rings. The van der Waals surface area contributed by atoms with Crippen molar-refractivity contribution < 1.29 is 4.79 Å². The molecule has 0 radical (unpaired) electrons. The second-order valence-electron chi connectivity index (χ2n) is 5.57. The Morgan fingerprint density at radius 3 is 2.76 bits per heavy atom. The number of aromatic nitrogens is 1.